The summed E-state index contributed by atoms with van der Waals surface area (Å²) in [5, 5.41) is 0. The molecule has 94 valence electrons. The molecular weight excluding hydrogens is 311 g/mol. The van der Waals surface area contributed by atoms with Gasteiger partial charge in [-0.25, -0.2) is 4.98 Å². The predicted molar refractivity (Wildman–Crippen MR) is 63.5 cm³/mol. The highest BCUT2D eigenvalue weighted by Gasteiger charge is 2.30. The Bertz CT molecular complexity index is 557. The lowest BCUT2D eigenvalue weighted by Gasteiger charge is -2.09. The standard InChI is InChI=1S/C12H7BrF3NO/c13-9-2-1-3-10(7-9)18-11-6-8(4-5-17-11)12(14,15)16/h1-7H. The van der Waals surface area contributed by atoms with Crippen molar-refractivity contribution in [2.24, 2.45) is 0 Å². The number of rotatable bonds is 2. The maximum Gasteiger partial charge on any atom is 0.416 e. The molecule has 2 aromatic rings. The molecule has 0 spiro atoms. The highest BCUT2D eigenvalue weighted by molar-refractivity contribution is 9.10. The van der Waals surface area contributed by atoms with Gasteiger partial charge in [-0.05, 0) is 24.3 Å². The van der Waals surface area contributed by atoms with E-state index >= 15 is 0 Å². The van der Waals surface area contributed by atoms with Crippen molar-refractivity contribution in [1.29, 1.82) is 0 Å². The highest BCUT2D eigenvalue weighted by Crippen LogP contribution is 2.31. The van der Waals surface area contributed by atoms with Crippen molar-refractivity contribution < 1.29 is 17.9 Å². The number of alkyl halides is 3. The lowest BCUT2D eigenvalue weighted by atomic mass is 10.2. The van der Waals surface area contributed by atoms with Crippen molar-refractivity contribution in [1.82, 2.24) is 4.98 Å². The number of hydrogen-bond acceptors (Lipinski definition) is 2. The molecule has 0 bridgehead atoms. The normalized spacial score (nSPS) is 11.3. The summed E-state index contributed by atoms with van der Waals surface area (Å²) >= 11 is 3.24. The number of hydrogen-bond donors (Lipinski definition) is 0. The first-order chi connectivity index (χ1) is 8.45. The van der Waals surface area contributed by atoms with E-state index in [0.717, 1.165) is 22.8 Å². The van der Waals surface area contributed by atoms with Gasteiger partial charge in [0.05, 0.1) is 5.56 Å². The number of pyridine rings is 1. The van der Waals surface area contributed by atoms with E-state index in [-0.39, 0.29) is 5.88 Å². The van der Waals surface area contributed by atoms with E-state index < -0.39 is 11.7 Å². The van der Waals surface area contributed by atoms with Crippen molar-refractivity contribution in [2.75, 3.05) is 0 Å². The Morgan fingerprint density at radius 3 is 2.56 bits per heavy atom. The molecule has 2 rings (SSSR count). The Hall–Kier alpha value is -1.56. The minimum atomic E-state index is -4.40. The number of nitrogens with zero attached hydrogens (tertiary/aromatic N) is 1. The average Bonchev–Trinajstić information content (AvgIpc) is 2.28. The van der Waals surface area contributed by atoms with Crippen LogP contribution in [0.3, 0.4) is 0 Å². The average molecular weight is 318 g/mol. The van der Waals surface area contributed by atoms with Crippen LogP contribution in [0.2, 0.25) is 0 Å². The lowest BCUT2D eigenvalue weighted by Crippen LogP contribution is -2.05. The van der Waals surface area contributed by atoms with Gasteiger partial charge in [0.1, 0.15) is 5.75 Å². The fraction of sp³-hybridized carbons (Fsp3) is 0.0833. The van der Waals surface area contributed by atoms with Gasteiger partial charge in [-0.3, -0.25) is 0 Å². The fourth-order valence-corrected chi connectivity index (χ4v) is 1.67. The fourth-order valence-electron chi connectivity index (χ4n) is 1.29. The Balaban J connectivity index is 2.25. The van der Waals surface area contributed by atoms with Crippen molar-refractivity contribution in [3.05, 3.63) is 52.6 Å². The van der Waals surface area contributed by atoms with Gasteiger partial charge in [0, 0.05) is 16.7 Å². The maximum absolute atomic E-state index is 12.5. The van der Waals surface area contributed by atoms with Gasteiger partial charge in [-0.2, -0.15) is 13.2 Å². The lowest BCUT2D eigenvalue weighted by molar-refractivity contribution is -0.137. The zero-order valence-corrected chi connectivity index (χ0v) is 10.5. The third-order valence-corrected chi connectivity index (χ3v) is 2.57. The molecule has 0 aliphatic rings. The molecule has 0 fully saturated rings. The second-order valence-electron chi connectivity index (χ2n) is 3.44. The van der Waals surface area contributed by atoms with Gasteiger partial charge < -0.3 is 4.74 Å². The minimum absolute atomic E-state index is 0.0945. The van der Waals surface area contributed by atoms with Crippen LogP contribution in [0.1, 0.15) is 5.56 Å². The van der Waals surface area contributed by atoms with Gasteiger partial charge in [-0.1, -0.05) is 22.0 Å². The summed E-state index contributed by atoms with van der Waals surface area (Å²) in [4.78, 5) is 3.74. The summed E-state index contributed by atoms with van der Waals surface area (Å²) in [6, 6.07) is 8.53. The first-order valence-electron chi connectivity index (χ1n) is 4.92. The molecule has 0 unspecified atom stereocenters. The smallest absolute Gasteiger partial charge is 0.416 e. The third-order valence-electron chi connectivity index (χ3n) is 2.08. The van der Waals surface area contributed by atoms with Crippen LogP contribution in [-0.4, -0.2) is 4.98 Å². The molecule has 0 atom stereocenters. The molecule has 6 heteroatoms. The monoisotopic (exact) mass is 317 g/mol. The van der Waals surface area contributed by atoms with Crippen molar-refractivity contribution >= 4 is 15.9 Å². The SMILES string of the molecule is FC(F)(F)c1ccnc(Oc2cccc(Br)c2)c1. The summed E-state index contributed by atoms with van der Waals surface area (Å²) in [7, 11) is 0. The van der Waals surface area contributed by atoms with Crippen LogP contribution in [0.25, 0.3) is 0 Å². The van der Waals surface area contributed by atoms with E-state index in [0.29, 0.717) is 5.75 Å². The first-order valence-corrected chi connectivity index (χ1v) is 5.71. The molecule has 0 radical (unpaired) electrons. The molecule has 0 saturated heterocycles. The summed E-state index contributed by atoms with van der Waals surface area (Å²) in [6.45, 7) is 0. The predicted octanol–water partition coefficient (Wildman–Crippen LogP) is 4.66. The van der Waals surface area contributed by atoms with E-state index in [9.17, 15) is 13.2 Å². The van der Waals surface area contributed by atoms with Gasteiger partial charge in [0.2, 0.25) is 5.88 Å². The topological polar surface area (TPSA) is 22.1 Å². The third kappa shape index (κ3) is 3.22. The Morgan fingerprint density at radius 1 is 1.11 bits per heavy atom. The van der Waals surface area contributed by atoms with Crippen LogP contribution < -0.4 is 4.74 Å². The van der Waals surface area contributed by atoms with Crippen LogP contribution >= 0.6 is 15.9 Å². The van der Waals surface area contributed by atoms with E-state index in [1.54, 1.807) is 24.3 Å². The quantitative estimate of drug-likeness (QED) is 0.804. The molecule has 1 aromatic carbocycles. The van der Waals surface area contributed by atoms with Crippen LogP contribution in [-0.2, 0) is 6.18 Å². The van der Waals surface area contributed by atoms with Gasteiger partial charge >= 0.3 is 6.18 Å². The van der Waals surface area contributed by atoms with Gasteiger partial charge in [0.25, 0.3) is 0 Å². The number of halogens is 4. The number of ether oxygens (including phenoxy) is 1. The summed E-state index contributed by atoms with van der Waals surface area (Å²) in [5.74, 6) is 0.319. The van der Waals surface area contributed by atoms with Gasteiger partial charge in [0.15, 0.2) is 0 Å². The van der Waals surface area contributed by atoms with E-state index in [2.05, 4.69) is 20.9 Å². The second-order valence-corrected chi connectivity index (χ2v) is 4.36. The van der Waals surface area contributed by atoms with Crippen molar-refractivity contribution in [2.45, 2.75) is 6.18 Å². The molecule has 18 heavy (non-hydrogen) atoms. The van der Waals surface area contributed by atoms with E-state index in [1.807, 2.05) is 0 Å². The van der Waals surface area contributed by atoms with E-state index in [4.69, 9.17) is 4.74 Å². The molecular formula is C12H7BrF3NO. The Kier molecular flexibility index (Phi) is 3.56. The number of benzene rings is 1. The summed E-state index contributed by atoms with van der Waals surface area (Å²) in [6.07, 6.45) is -3.34. The summed E-state index contributed by atoms with van der Waals surface area (Å²) < 4.78 is 43.5. The Morgan fingerprint density at radius 2 is 1.89 bits per heavy atom. The Labute approximate surface area is 110 Å². The van der Waals surface area contributed by atoms with Crippen LogP contribution in [0.15, 0.2) is 47.1 Å². The summed E-state index contributed by atoms with van der Waals surface area (Å²) in [5.41, 5.74) is -0.789. The molecule has 0 N–H and O–H groups in total. The molecule has 0 aliphatic carbocycles. The largest absolute Gasteiger partial charge is 0.439 e. The minimum Gasteiger partial charge on any atom is -0.439 e. The highest BCUT2D eigenvalue weighted by atomic mass is 79.9. The molecule has 0 aliphatic heterocycles. The second kappa shape index (κ2) is 4.97. The van der Waals surface area contributed by atoms with Crippen LogP contribution in [0.4, 0.5) is 13.2 Å². The van der Waals surface area contributed by atoms with E-state index in [1.165, 1.54) is 0 Å². The molecule has 1 aromatic heterocycles. The van der Waals surface area contributed by atoms with Gasteiger partial charge in [-0.15, -0.1) is 0 Å². The molecule has 1 heterocycles. The van der Waals surface area contributed by atoms with Crippen LogP contribution in [0, 0.1) is 0 Å². The zero-order valence-electron chi connectivity index (χ0n) is 8.91. The van der Waals surface area contributed by atoms with Crippen molar-refractivity contribution in [3.63, 3.8) is 0 Å². The molecule has 0 amide bonds. The number of aromatic nitrogens is 1. The maximum atomic E-state index is 12.5. The van der Waals surface area contributed by atoms with Crippen molar-refractivity contribution in [3.8, 4) is 11.6 Å². The van der Waals surface area contributed by atoms with Crippen LogP contribution in [0.5, 0.6) is 11.6 Å². The molecule has 2 nitrogen and oxygen atoms in total. The molecule has 0 saturated carbocycles. The zero-order chi connectivity index (χ0) is 13.2. The first kappa shape index (κ1) is 12.9.